The number of rotatable bonds is 3. The molecule has 4 heteroatoms. The van der Waals surface area contributed by atoms with Gasteiger partial charge in [-0.15, -0.1) is 0 Å². The first-order chi connectivity index (χ1) is 7.30. The highest BCUT2D eigenvalue weighted by molar-refractivity contribution is 9.10. The Bertz CT molecular complexity index is 242. The summed E-state index contributed by atoms with van der Waals surface area (Å²) in [5.74, 6) is 0.839. The monoisotopic (exact) mass is 290 g/mol. The molecular formula is C12H23BrN2O. The highest BCUT2D eigenvalue weighted by atomic mass is 79.9. The Morgan fingerprint density at radius 3 is 2.38 bits per heavy atom. The van der Waals surface area contributed by atoms with Crippen LogP contribution >= 0.6 is 15.9 Å². The number of alkyl halides is 1. The Labute approximate surface area is 107 Å². The van der Waals surface area contributed by atoms with Crippen LogP contribution in [0.15, 0.2) is 0 Å². The third-order valence-corrected chi connectivity index (χ3v) is 3.56. The molecule has 1 aliphatic heterocycles. The van der Waals surface area contributed by atoms with Crippen molar-refractivity contribution in [1.82, 2.24) is 9.80 Å². The fourth-order valence-corrected chi connectivity index (χ4v) is 2.47. The number of hydrogen-bond acceptors (Lipinski definition) is 2. The van der Waals surface area contributed by atoms with E-state index < -0.39 is 4.32 Å². The number of halogens is 1. The maximum atomic E-state index is 12.0. The van der Waals surface area contributed by atoms with Crippen molar-refractivity contribution in [2.75, 3.05) is 33.7 Å². The minimum Gasteiger partial charge on any atom is -0.344 e. The highest BCUT2D eigenvalue weighted by Crippen LogP contribution is 2.21. The van der Waals surface area contributed by atoms with Crippen molar-refractivity contribution in [2.24, 2.45) is 5.92 Å². The third-order valence-electron chi connectivity index (χ3n) is 3.23. The number of amides is 1. The summed E-state index contributed by atoms with van der Waals surface area (Å²) in [7, 11) is 4.07. The molecule has 1 amide bonds. The Morgan fingerprint density at radius 1 is 1.44 bits per heavy atom. The summed E-state index contributed by atoms with van der Waals surface area (Å²) in [6.07, 6.45) is 2.41. The molecule has 94 valence electrons. The standard InChI is InChI=1S/C12H23BrN2O/c1-12(2,13)11(16)15(4)9-10-5-7-14(3)8-6-10/h10H,5-9H2,1-4H3. The SMILES string of the molecule is CN1CCC(CN(C)C(=O)C(C)(C)Br)CC1. The molecule has 1 aliphatic rings. The van der Waals surface area contributed by atoms with Gasteiger partial charge in [0.1, 0.15) is 0 Å². The first kappa shape index (κ1) is 14.0. The fraction of sp³-hybridized carbons (Fsp3) is 0.917. The Kier molecular flexibility index (Phi) is 4.80. The first-order valence-corrected chi connectivity index (χ1v) is 6.73. The maximum Gasteiger partial charge on any atom is 0.238 e. The number of carbonyl (C=O) groups excluding carboxylic acids is 1. The summed E-state index contributed by atoms with van der Waals surface area (Å²) in [6.45, 7) is 7.01. The Balaban J connectivity index is 2.40. The van der Waals surface area contributed by atoms with Crippen molar-refractivity contribution in [3.05, 3.63) is 0 Å². The first-order valence-electron chi connectivity index (χ1n) is 5.93. The largest absolute Gasteiger partial charge is 0.344 e. The molecule has 1 saturated heterocycles. The molecule has 0 aromatic heterocycles. The molecule has 0 radical (unpaired) electrons. The molecule has 0 atom stereocenters. The minimum absolute atomic E-state index is 0.173. The number of hydrogen-bond donors (Lipinski definition) is 0. The van der Waals surface area contributed by atoms with E-state index in [4.69, 9.17) is 0 Å². The van der Waals surface area contributed by atoms with Crippen molar-refractivity contribution < 1.29 is 4.79 Å². The van der Waals surface area contributed by atoms with Crippen LogP contribution in [0.5, 0.6) is 0 Å². The van der Waals surface area contributed by atoms with Gasteiger partial charge in [-0.05, 0) is 52.7 Å². The summed E-state index contributed by atoms with van der Waals surface area (Å²) in [4.78, 5) is 16.2. The van der Waals surface area contributed by atoms with Gasteiger partial charge in [0, 0.05) is 13.6 Å². The van der Waals surface area contributed by atoms with Gasteiger partial charge in [0.25, 0.3) is 0 Å². The van der Waals surface area contributed by atoms with Gasteiger partial charge in [-0.2, -0.15) is 0 Å². The van der Waals surface area contributed by atoms with Crippen LogP contribution in [0.1, 0.15) is 26.7 Å². The van der Waals surface area contributed by atoms with Gasteiger partial charge in [0.15, 0.2) is 0 Å². The topological polar surface area (TPSA) is 23.6 Å². The van der Waals surface area contributed by atoms with Crippen molar-refractivity contribution in [2.45, 2.75) is 31.0 Å². The summed E-state index contributed by atoms with van der Waals surface area (Å²) in [5.41, 5.74) is 0. The van der Waals surface area contributed by atoms with E-state index in [2.05, 4.69) is 27.9 Å². The molecule has 1 fully saturated rings. The summed E-state index contributed by atoms with van der Waals surface area (Å²) >= 11 is 3.42. The molecule has 1 rings (SSSR count). The second-order valence-corrected chi connectivity index (χ2v) is 7.39. The van der Waals surface area contributed by atoms with Crippen molar-refractivity contribution in [3.8, 4) is 0 Å². The zero-order chi connectivity index (χ0) is 12.3. The van der Waals surface area contributed by atoms with Crippen LogP contribution < -0.4 is 0 Å². The lowest BCUT2D eigenvalue weighted by Gasteiger charge is -2.33. The average molecular weight is 291 g/mol. The van der Waals surface area contributed by atoms with Crippen molar-refractivity contribution in [3.63, 3.8) is 0 Å². The van der Waals surface area contributed by atoms with Crippen LogP contribution in [0.4, 0.5) is 0 Å². The van der Waals surface area contributed by atoms with Gasteiger partial charge in [0.2, 0.25) is 5.91 Å². The molecule has 0 bridgehead atoms. The quantitative estimate of drug-likeness (QED) is 0.742. The lowest BCUT2D eigenvalue weighted by atomic mass is 9.96. The van der Waals surface area contributed by atoms with Crippen LogP contribution in [0.25, 0.3) is 0 Å². The molecule has 0 spiro atoms. The van der Waals surface area contributed by atoms with Gasteiger partial charge < -0.3 is 9.80 Å². The van der Waals surface area contributed by atoms with Gasteiger partial charge in [-0.25, -0.2) is 0 Å². The van der Waals surface area contributed by atoms with Crippen LogP contribution in [0.3, 0.4) is 0 Å². The van der Waals surface area contributed by atoms with Crippen molar-refractivity contribution in [1.29, 1.82) is 0 Å². The Hall–Kier alpha value is -0.0900. The zero-order valence-electron chi connectivity index (χ0n) is 10.8. The third kappa shape index (κ3) is 4.06. The normalized spacial score (nSPS) is 19.8. The van der Waals surface area contributed by atoms with E-state index in [-0.39, 0.29) is 5.91 Å². The predicted octanol–water partition coefficient (Wildman–Crippen LogP) is 1.96. The lowest BCUT2D eigenvalue weighted by molar-refractivity contribution is -0.132. The summed E-state index contributed by atoms with van der Waals surface area (Å²) < 4.78 is -0.437. The molecular weight excluding hydrogens is 268 g/mol. The molecule has 0 aromatic rings. The zero-order valence-corrected chi connectivity index (χ0v) is 12.4. The minimum atomic E-state index is -0.437. The second-order valence-electron chi connectivity index (χ2n) is 5.40. The van der Waals surface area contributed by atoms with Crippen LogP contribution in [0.2, 0.25) is 0 Å². The molecule has 3 nitrogen and oxygen atoms in total. The number of piperidine rings is 1. The molecule has 0 unspecified atom stereocenters. The van der Waals surface area contributed by atoms with Gasteiger partial charge in [0.05, 0.1) is 4.32 Å². The van der Waals surface area contributed by atoms with E-state index in [0.717, 1.165) is 19.6 Å². The molecule has 1 heterocycles. The fourth-order valence-electron chi connectivity index (χ4n) is 2.17. The molecule has 0 aromatic carbocycles. The van der Waals surface area contributed by atoms with E-state index in [9.17, 15) is 4.79 Å². The van der Waals surface area contributed by atoms with E-state index in [1.807, 2.05) is 25.8 Å². The smallest absolute Gasteiger partial charge is 0.238 e. The van der Waals surface area contributed by atoms with Crippen LogP contribution in [0, 0.1) is 5.92 Å². The highest BCUT2D eigenvalue weighted by Gasteiger charge is 2.29. The number of nitrogens with zero attached hydrogens (tertiary/aromatic N) is 2. The number of likely N-dealkylation sites (tertiary alicyclic amines) is 1. The maximum absolute atomic E-state index is 12.0. The van der Waals surface area contributed by atoms with E-state index in [0.29, 0.717) is 5.92 Å². The van der Waals surface area contributed by atoms with Crippen LogP contribution in [-0.4, -0.2) is 53.8 Å². The average Bonchev–Trinajstić information content (AvgIpc) is 2.19. The van der Waals surface area contributed by atoms with Crippen molar-refractivity contribution >= 4 is 21.8 Å². The summed E-state index contributed by atoms with van der Waals surface area (Å²) in [5, 5.41) is 0. The second kappa shape index (κ2) is 5.50. The van der Waals surface area contributed by atoms with E-state index in [1.54, 1.807) is 0 Å². The predicted molar refractivity (Wildman–Crippen MR) is 70.9 cm³/mol. The Morgan fingerprint density at radius 2 is 1.94 bits per heavy atom. The molecule has 0 aliphatic carbocycles. The molecule has 16 heavy (non-hydrogen) atoms. The van der Waals surface area contributed by atoms with Gasteiger partial charge in [-0.1, -0.05) is 15.9 Å². The summed E-state index contributed by atoms with van der Waals surface area (Å²) in [6, 6.07) is 0. The van der Waals surface area contributed by atoms with E-state index >= 15 is 0 Å². The number of carbonyl (C=O) groups is 1. The molecule has 0 saturated carbocycles. The lowest BCUT2D eigenvalue weighted by Crippen LogP contribution is -2.43. The van der Waals surface area contributed by atoms with Gasteiger partial charge in [-0.3, -0.25) is 4.79 Å². The molecule has 0 N–H and O–H groups in total. The van der Waals surface area contributed by atoms with E-state index in [1.165, 1.54) is 12.8 Å². The van der Waals surface area contributed by atoms with Gasteiger partial charge >= 0.3 is 0 Å². The van der Waals surface area contributed by atoms with Crippen LogP contribution in [-0.2, 0) is 4.79 Å².